The molecular weight excluding hydrogens is 232 g/mol. The van der Waals surface area contributed by atoms with E-state index in [1.807, 2.05) is 0 Å². The van der Waals surface area contributed by atoms with Crippen molar-refractivity contribution in [3.05, 3.63) is 70.8 Å². The zero-order valence-electron chi connectivity index (χ0n) is 11.2. The van der Waals surface area contributed by atoms with Gasteiger partial charge >= 0.3 is 0 Å². The predicted octanol–water partition coefficient (Wildman–Crippen LogP) is 3.90. The minimum Gasteiger partial charge on any atom is -0.154 e. The van der Waals surface area contributed by atoms with Crippen LogP contribution in [0, 0.1) is 13.8 Å². The lowest BCUT2D eigenvalue weighted by Gasteiger charge is -2.03. The maximum Gasteiger partial charge on any atom is 0.0763 e. The van der Waals surface area contributed by atoms with Crippen LogP contribution < -0.4 is 0 Å². The molecule has 0 amide bonds. The van der Waals surface area contributed by atoms with Crippen molar-refractivity contribution in [3.8, 4) is 0 Å². The Morgan fingerprint density at radius 2 is 1.00 bits per heavy atom. The van der Waals surface area contributed by atoms with Crippen molar-refractivity contribution >= 4 is 11.4 Å². The summed E-state index contributed by atoms with van der Waals surface area (Å²) >= 11 is 0. The second kappa shape index (κ2) is 4.81. The van der Waals surface area contributed by atoms with Crippen LogP contribution in [-0.2, 0) is 0 Å². The quantitative estimate of drug-likeness (QED) is 0.770. The monoisotopic (exact) mass is 248 g/mol. The van der Waals surface area contributed by atoms with Gasteiger partial charge in [0.15, 0.2) is 0 Å². The van der Waals surface area contributed by atoms with Gasteiger partial charge in [-0.2, -0.15) is 10.2 Å². The van der Waals surface area contributed by atoms with Crippen LogP contribution in [0.4, 0.5) is 0 Å². The van der Waals surface area contributed by atoms with Crippen LogP contribution in [0.2, 0.25) is 0 Å². The lowest BCUT2D eigenvalue weighted by atomic mass is 10.00. The third-order valence-electron chi connectivity index (χ3n) is 3.40. The van der Waals surface area contributed by atoms with Gasteiger partial charge in [-0.1, -0.05) is 59.7 Å². The summed E-state index contributed by atoms with van der Waals surface area (Å²) in [5, 5.41) is 8.64. The van der Waals surface area contributed by atoms with Crippen LogP contribution in [0.5, 0.6) is 0 Å². The first-order chi connectivity index (χ1) is 9.22. The Labute approximate surface area is 113 Å². The Bertz CT molecular complexity index is 587. The summed E-state index contributed by atoms with van der Waals surface area (Å²) in [4.78, 5) is 0. The number of aryl methyl sites for hydroxylation is 2. The molecule has 0 radical (unpaired) electrons. The van der Waals surface area contributed by atoms with E-state index >= 15 is 0 Å². The van der Waals surface area contributed by atoms with E-state index in [1.54, 1.807) is 0 Å². The zero-order valence-corrected chi connectivity index (χ0v) is 11.2. The van der Waals surface area contributed by atoms with Gasteiger partial charge in [-0.25, -0.2) is 0 Å². The van der Waals surface area contributed by atoms with Gasteiger partial charge in [0.2, 0.25) is 0 Å². The van der Waals surface area contributed by atoms with Crippen molar-refractivity contribution in [1.29, 1.82) is 0 Å². The van der Waals surface area contributed by atoms with Gasteiger partial charge in [0.05, 0.1) is 11.4 Å². The molecular formula is C17H16N2. The largest absolute Gasteiger partial charge is 0.154 e. The summed E-state index contributed by atoms with van der Waals surface area (Å²) in [6, 6.07) is 16.9. The van der Waals surface area contributed by atoms with Crippen molar-refractivity contribution in [2.75, 3.05) is 0 Å². The van der Waals surface area contributed by atoms with Crippen molar-refractivity contribution in [2.45, 2.75) is 20.3 Å². The number of benzene rings is 2. The minimum absolute atomic E-state index is 0.812. The van der Waals surface area contributed by atoms with E-state index in [9.17, 15) is 0 Å². The highest BCUT2D eigenvalue weighted by Crippen LogP contribution is 2.17. The number of rotatable bonds is 2. The molecule has 0 bridgehead atoms. The fraction of sp³-hybridized carbons (Fsp3) is 0.176. The first-order valence-corrected chi connectivity index (χ1v) is 6.50. The highest BCUT2D eigenvalue weighted by atomic mass is 15.2. The molecule has 2 nitrogen and oxygen atoms in total. The van der Waals surface area contributed by atoms with E-state index in [1.165, 1.54) is 11.1 Å². The van der Waals surface area contributed by atoms with Crippen LogP contribution in [-0.4, -0.2) is 11.4 Å². The topological polar surface area (TPSA) is 24.7 Å². The van der Waals surface area contributed by atoms with E-state index in [2.05, 4.69) is 72.6 Å². The summed E-state index contributed by atoms with van der Waals surface area (Å²) in [5.41, 5.74) is 6.96. The van der Waals surface area contributed by atoms with Gasteiger partial charge in [0.25, 0.3) is 0 Å². The zero-order chi connectivity index (χ0) is 13.2. The average molecular weight is 248 g/mol. The van der Waals surface area contributed by atoms with Crippen molar-refractivity contribution in [2.24, 2.45) is 10.2 Å². The maximum atomic E-state index is 4.32. The van der Waals surface area contributed by atoms with Crippen LogP contribution in [0.3, 0.4) is 0 Å². The fourth-order valence-corrected chi connectivity index (χ4v) is 2.16. The smallest absolute Gasteiger partial charge is 0.0763 e. The molecule has 0 saturated carbocycles. The first kappa shape index (κ1) is 11.8. The molecule has 0 N–H and O–H groups in total. The average Bonchev–Trinajstić information content (AvgIpc) is 2.90. The number of hydrogen-bond acceptors (Lipinski definition) is 2. The van der Waals surface area contributed by atoms with Crippen molar-refractivity contribution in [3.63, 3.8) is 0 Å². The first-order valence-electron chi connectivity index (χ1n) is 6.50. The highest BCUT2D eigenvalue weighted by molar-refractivity contribution is 6.20. The van der Waals surface area contributed by atoms with E-state index in [-0.39, 0.29) is 0 Å². The fourth-order valence-electron chi connectivity index (χ4n) is 2.16. The lowest BCUT2D eigenvalue weighted by Crippen LogP contribution is -2.05. The molecule has 0 unspecified atom stereocenters. The van der Waals surface area contributed by atoms with Crippen LogP contribution in [0.25, 0.3) is 0 Å². The Morgan fingerprint density at radius 3 is 1.37 bits per heavy atom. The normalized spacial score (nSPS) is 14.2. The van der Waals surface area contributed by atoms with Crippen molar-refractivity contribution < 1.29 is 0 Å². The number of hydrogen-bond donors (Lipinski definition) is 0. The summed E-state index contributed by atoms with van der Waals surface area (Å²) < 4.78 is 0. The molecule has 3 rings (SSSR count). The Morgan fingerprint density at radius 1 is 0.632 bits per heavy atom. The number of nitrogens with zero attached hydrogens (tertiary/aromatic N) is 2. The standard InChI is InChI=1S/C17H16N2/c1-12-3-7-14(8-4-12)16-11-17(19-18-16)15-9-5-13(2)6-10-15/h3-10H,11H2,1-2H3. The second-order valence-electron chi connectivity index (χ2n) is 5.00. The molecule has 0 spiro atoms. The molecule has 19 heavy (non-hydrogen) atoms. The molecule has 1 aliphatic rings. The Balaban J connectivity index is 1.78. The third-order valence-corrected chi connectivity index (χ3v) is 3.40. The van der Waals surface area contributed by atoms with Gasteiger partial charge in [0.1, 0.15) is 0 Å². The Hall–Kier alpha value is -2.22. The molecule has 0 aromatic heterocycles. The van der Waals surface area contributed by atoms with Crippen molar-refractivity contribution in [1.82, 2.24) is 0 Å². The molecule has 94 valence electrons. The molecule has 0 atom stereocenters. The third kappa shape index (κ3) is 2.48. The summed E-state index contributed by atoms with van der Waals surface area (Å²) in [5.74, 6) is 0. The molecule has 2 heteroatoms. The SMILES string of the molecule is Cc1ccc(C2=NN=C(c3ccc(C)cc3)C2)cc1. The predicted molar refractivity (Wildman–Crippen MR) is 80.0 cm³/mol. The van der Waals surface area contributed by atoms with E-state index < -0.39 is 0 Å². The summed E-state index contributed by atoms with van der Waals surface area (Å²) in [6.07, 6.45) is 0.812. The van der Waals surface area contributed by atoms with Gasteiger partial charge in [0, 0.05) is 6.42 Å². The van der Waals surface area contributed by atoms with E-state index in [0.29, 0.717) is 0 Å². The minimum atomic E-state index is 0.812. The summed E-state index contributed by atoms with van der Waals surface area (Å²) in [7, 11) is 0. The molecule has 2 aromatic rings. The van der Waals surface area contributed by atoms with Gasteiger partial charge < -0.3 is 0 Å². The molecule has 2 aromatic carbocycles. The molecule has 0 fully saturated rings. The molecule has 1 heterocycles. The van der Waals surface area contributed by atoms with Crippen LogP contribution >= 0.6 is 0 Å². The van der Waals surface area contributed by atoms with E-state index in [4.69, 9.17) is 0 Å². The van der Waals surface area contributed by atoms with Crippen LogP contribution in [0.1, 0.15) is 28.7 Å². The van der Waals surface area contributed by atoms with Gasteiger partial charge in [-0.3, -0.25) is 0 Å². The molecule has 0 saturated heterocycles. The maximum absolute atomic E-state index is 4.32. The highest BCUT2D eigenvalue weighted by Gasteiger charge is 2.15. The van der Waals surface area contributed by atoms with Gasteiger partial charge in [-0.05, 0) is 25.0 Å². The molecule has 0 aliphatic carbocycles. The lowest BCUT2D eigenvalue weighted by molar-refractivity contribution is 1.26. The molecule has 1 aliphatic heterocycles. The Kier molecular flexibility index (Phi) is 3.00. The van der Waals surface area contributed by atoms with E-state index in [0.717, 1.165) is 29.0 Å². The summed E-state index contributed by atoms with van der Waals surface area (Å²) in [6.45, 7) is 4.18. The van der Waals surface area contributed by atoms with Gasteiger partial charge in [-0.15, -0.1) is 0 Å². The second-order valence-corrected chi connectivity index (χ2v) is 5.00. The van der Waals surface area contributed by atoms with Crippen LogP contribution in [0.15, 0.2) is 58.7 Å².